The SMILES string of the molecule is Oc1ccccc1/C=N/I. The maximum absolute atomic E-state index is 9.15. The largest absolute Gasteiger partial charge is 0.507 e. The van der Waals surface area contributed by atoms with Crippen LogP contribution in [-0.4, -0.2) is 11.3 Å². The van der Waals surface area contributed by atoms with Gasteiger partial charge in [0.1, 0.15) is 5.75 Å². The normalized spacial score (nSPS) is 10.5. The number of rotatable bonds is 1. The highest BCUT2D eigenvalue weighted by Gasteiger charge is 1.92. The first-order valence-corrected chi connectivity index (χ1v) is 3.73. The van der Waals surface area contributed by atoms with Crippen LogP contribution in [-0.2, 0) is 0 Å². The monoisotopic (exact) mass is 247 g/mol. The number of hydrogen-bond donors (Lipinski definition) is 1. The third-order valence-corrected chi connectivity index (χ3v) is 1.40. The summed E-state index contributed by atoms with van der Waals surface area (Å²) in [6.45, 7) is 0. The molecule has 0 radical (unpaired) electrons. The van der Waals surface area contributed by atoms with Crippen molar-refractivity contribution in [3.8, 4) is 5.75 Å². The van der Waals surface area contributed by atoms with Crippen molar-refractivity contribution in [2.75, 3.05) is 0 Å². The van der Waals surface area contributed by atoms with Crippen molar-refractivity contribution >= 4 is 29.1 Å². The van der Waals surface area contributed by atoms with Crippen LogP contribution >= 0.6 is 22.9 Å². The fourth-order valence-electron chi connectivity index (χ4n) is 0.649. The minimum atomic E-state index is 0.267. The van der Waals surface area contributed by atoms with Crippen molar-refractivity contribution in [3.05, 3.63) is 29.8 Å². The summed E-state index contributed by atoms with van der Waals surface area (Å²) >= 11 is 1.87. The Bertz CT molecular complexity index is 247. The van der Waals surface area contributed by atoms with E-state index >= 15 is 0 Å². The lowest BCUT2D eigenvalue weighted by atomic mass is 10.2. The third kappa shape index (κ3) is 1.70. The molecule has 1 aromatic rings. The average Bonchev–Trinajstić information content (AvgIpc) is 1.94. The number of halogens is 1. The van der Waals surface area contributed by atoms with Gasteiger partial charge >= 0.3 is 0 Å². The van der Waals surface area contributed by atoms with E-state index in [-0.39, 0.29) is 5.75 Å². The molecule has 0 fully saturated rings. The van der Waals surface area contributed by atoms with Crippen molar-refractivity contribution in [1.82, 2.24) is 0 Å². The molecule has 0 atom stereocenters. The predicted octanol–water partition coefficient (Wildman–Crippen LogP) is 2.16. The first-order valence-electron chi connectivity index (χ1n) is 2.77. The van der Waals surface area contributed by atoms with Gasteiger partial charge in [-0.15, -0.1) is 0 Å². The lowest BCUT2D eigenvalue weighted by molar-refractivity contribution is 0.474. The van der Waals surface area contributed by atoms with E-state index in [1.807, 2.05) is 28.9 Å². The van der Waals surface area contributed by atoms with Gasteiger partial charge in [-0.1, -0.05) is 12.1 Å². The second kappa shape index (κ2) is 3.55. The molecule has 2 nitrogen and oxygen atoms in total. The Labute approximate surface area is 73.1 Å². The highest BCUT2D eigenvalue weighted by atomic mass is 127. The van der Waals surface area contributed by atoms with Gasteiger partial charge in [0.2, 0.25) is 0 Å². The van der Waals surface area contributed by atoms with E-state index in [0.717, 1.165) is 5.56 Å². The number of phenols is 1. The number of hydrogen-bond acceptors (Lipinski definition) is 2. The Morgan fingerprint density at radius 2 is 2.10 bits per heavy atom. The van der Waals surface area contributed by atoms with Crippen LogP contribution in [0, 0.1) is 0 Å². The molecule has 0 aliphatic heterocycles. The van der Waals surface area contributed by atoms with Crippen LogP contribution in [0.2, 0.25) is 0 Å². The van der Waals surface area contributed by atoms with Gasteiger partial charge in [0.05, 0.1) is 22.9 Å². The molecular formula is C7H6INO. The van der Waals surface area contributed by atoms with Crippen LogP contribution in [0.3, 0.4) is 0 Å². The highest BCUT2D eigenvalue weighted by molar-refractivity contribution is 14.1. The van der Waals surface area contributed by atoms with Crippen LogP contribution in [0.15, 0.2) is 27.5 Å². The number of phenolic OH excluding ortho intramolecular Hbond substituents is 1. The van der Waals surface area contributed by atoms with Gasteiger partial charge in [0, 0.05) is 11.8 Å². The lowest BCUT2D eigenvalue weighted by Crippen LogP contribution is -1.78. The topological polar surface area (TPSA) is 32.6 Å². The molecule has 0 bridgehead atoms. The molecule has 0 saturated carbocycles. The predicted molar refractivity (Wildman–Crippen MR) is 49.7 cm³/mol. The molecule has 3 heteroatoms. The minimum absolute atomic E-state index is 0.267. The molecule has 0 spiro atoms. The molecule has 1 aromatic carbocycles. The van der Waals surface area contributed by atoms with E-state index in [1.165, 1.54) is 0 Å². The molecule has 0 unspecified atom stereocenters. The van der Waals surface area contributed by atoms with E-state index in [1.54, 1.807) is 24.4 Å². The summed E-state index contributed by atoms with van der Waals surface area (Å²) in [7, 11) is 0. The van der Waals surface area contributed by atoms with Gasteiger partial charge in [-0.3, -0.25) is 0 Å². The number of aromatic hydroxyl groups is 1. The zero-order chi connectivity index (χ0) is 7.40. The van der Waals surface area contributed by atoms with Gasteiger partial charge in [-0.2, -0.15) is 0 Å². The van der Waals surface area contributed by atoms with Crippen molar-refractivity contribution in [2.45, 2.75) is 0 Å². The third-order valence-electron chi connectivity index (χ3n) is 1.12. The molecule has 0 heterocycles. The zero-order valence-corrected chi connectivity index (χ0v) is 7.32. The molecule has 10 heavy (non-hydrogen) atoms. The maximum Gasteiger partial charge on any atom is 0.124 e. The van der Waals surface area contributed by atoms with Gasteiger partial charge < -0.3 is 5.11 Å². The van der Waals surface area contributed by atoms with Crippen LogP contribution in [0.25, 0.3) is 0 Å². The Morgan fingerprint density at radius 1 is 1.40 bits per heavy atom. The zero-order valence-electron chi connectivity index (χ0n) is 5.16. The number of nitrogens with zero attached hydrogens (tertiary/aromatic N) is 1. The van der Waals surface area contributed by atoms with Gasteiger partial charge in [-0.05, 0) is 12.1 Å². The summed E-state index contributed by atoms with van der Waals surface area (Å²) in [5.74, 6) is 0.267. The fraction of sp³-hybridized carbons (Fsp3) is 0. The summed E-state index contributed by atoms with van der Waals surface area (Å²) in [5, 5.41) is 9.15. The first kappa shape index (κ1) is 7.53. The Morgan fingerprint density at radius 3 is 2.70 bits per heavy atom. The molecule has 1 N–H and O–H groups in total. The van der Waals surface area contributed by atoms with Crippen molar-refractivity contribution in [3.63, 3.8) is 0 Å². The molecule has 0 aliphatic rings. The summed E-state index contributed by atoms with van der Waals surface area (Å²) < 4.78 is 3.75. The van der Waals surface area contributed by atoms with Crippen LogP contribution in [0.4, 0.5) is 0 Å². The lowest BCUT2D eigenvalue weighted by Gasteiger charge is -1.93. The quantitative estimate of drug-likeness (QED) is 0.598. The minimum Gasteiger partial charge on any atom is -0.507 e. The van der Waals surface area contributed by atoms with E-state index in [2.05, 4.69) is 3.21 Å². The average molecular weight is 247 g/mol. The molecule has 0 aliphatic carbocycles. The van der Waals surface area contributed by atoms with Crippen molar-refractivity contribution in [2.24, 2.45) is 3.21 Å². The summed E-state index contributed by atoms with van der Waals surface area (Å²) in [6.07, 6.45) is 1.61. The first-order chi connectivity index (χ1) is 4.84. The van der Waals surface area contributed by atoms with E-state index in [9.17, 15) is 0 Å². The molecule has 1 rings (SSSR count). The fourth-order valence-corrected chi connectivity index (χ4v) is 0.949. The summed E-state index contributed by atoms with van der Waals surface area (Å²) in [5.41, 5.74) is 0.747. The van der Waals surface area contributed by atoms with Crippen LogP contribution in [0.5, 0.6) is 5.75 Å². The standard InChI is InChI=1S/C7H6INO/c8-9-5-6-3-1-2-4-7(6)10/h1-5,10H/b9-5+. The Hall–Kier alpha value is -0.580. The van der Waals surface area contributed by atoms with Gasteiger partial charge in [0.15, 0.2) is 0 Å². The molecule has 0 saturated heterocycles. The highest BCUT2D eigenvalue weighted by Crippen LogP contribution is 2.12. The van der Waals surface area contributed by atoms with Crippen LogP contribution < -0.4 is 0 Å². The van der Waals surface area contributed by atoms with Crippen molar-refractivity contribution < 1.29 is 5.11 Å². The maximum atomic E-state index is 9.15. The smallest absolute Gasteiger partial charge is 0.124 e. The molecular weight excluding hydrogens is 241 g/mol. The van der Waals surface area contributed by atoms with Crippen LogP contribution in [0.1, 0.15) is 5.56 Å². The summed E-state index contributed by atoms with van der Waals surface area (Å²) in [6, 6.07) is 7.07. The van der Waals surface area contributed by atoms with E-state index < -0.39 is 0 Å². The molecule has 0 amide bonds. The second-order valence-corrected chi connectivity index (χ2v) is 2.34. The Kier molecular flexibility index (Phi) is 2.68. The van der Waals surface area contributed by atoms with Crippen molar-refractivity contribution in [1.29, 1.82) is 0 Å². The summed E-state index contributed by atoms with van der Waals surface area (Å²) in [4.78, 5) is 0. The number of para-hydroxylation sites is 1. The van der Waals surface area contributed by atoms with Gasteiger partial charge in [-0.25, -0.2) is 3.21 Å². The Balaban J connectivity index is 3.03. The molecule has 52 valence electrons. The molecule has 0 aromatic heterocycles. The van der Waals surface area contributed by atoms with E-state index in [0.29, 0.717) is 0 Å². The second-order valence-electron chi connectivity index (χ2n) is 1.79. The van der Waals surface area contributed by atoms with E-state index in [4.69, 9.17) is 5.11 Å². The van der Waals surface area contributed by atoms with Gasteiger partial charge in [0.25, 0.3) is 0 Å². The number of benzene rings is 1.